The molecule has 0 aliphatic carbocycles. The third-order valence-corrected chi connectivity index (χ3v) is 3.66. The number of benzene rings is 2. The van der Waals surface area contributed by atoms with Gasteiger partial charge in [0.05, 0.1) is 0 Å². The molecule has 1 unspecified atom stereocenters. The molecule has 0 saturated carbocycles. The Balaban J connectivity index is 2.37. The fraction of sp³-hybridized carbons (Fsp3) is 0.143. The Morgan fingerprint density at radius 2 is 1.53 bits per heavy atom. The Morgan fingerprint density at radius 3 is 2.16 bits per heavy atom. The zero-order chi connectivity index (χ0) is 13.9. The molecule has 4 nitrogen and oxygen atoms in total. The fourth-order valence-electron chi connectivity index (χ4n) is 1.91. The predicted octanol–water partition coefficient (Wildman–Crippen LogP) is 2.16. The molecule has 2 rings (SSSR count). The van der Waals surface area contributed by atoms with Gasteiger partial charge in [-0.1, -0.05) is 54.6 Å². The van der Waals surface area contributed by atoms with Gasteiger partial charge in [-0.2, -0.15) is 8.42 Å². The average Bonchev–Trinajstić information content (AvgIpc) is 2.39. The molecule has 0 fully saturated rings. The van der Waals surface area contributed by atoms with Gasteiger partial charge in [0.2, 0.25) is 5.44 Å². The summed E-state index contributed by atoms with van der Waals surface area (Å²) in [6, 6.07) is 16.1. The second kappa shape index (κ2) is 5.52. The second-order valence-corrected chi connectivity index (χ2v) is 5.70. The van der Waals surface area contributed by atoms with Crippen LogP contribution < -0.4 is 0 Å². The van der Waals surface area contributed by atoms with Gasteiger partial charge in [-0.3, -0.25) is 4.55 Å². The van der Waals surface area contributed by atoms with E-state index in [1.807, 2.05) is 30.3 Å². The largest absolute Gasteiger partial charge is 0.371 e. The van der Waals surface area contributed by atoms with E-state index < -0.39 is 15.6 Å². The van der Waals surface area contributed by atoms with Gasteiger partial charge in [0.15, 0.2) is 0 Å². The van der Waals surface area contributed by atoms with Crippen LogP contribution in [0.3, 0.4) is 0 Å². The fourth-order valence-corrected chi connectivity index (χ4v) is 2.46. The van der Waals surface area contributed by atoms with Gasteiger partial charge in [-0.15, -0.1) is 0 Å². The summed E-state index contributed by atoms with van der Waals surface area (Å²) in [5, 5.41) is 9.68. The van der Waals surface area contributed by atoms with E-state index >= 15 is 0 Å². The minimum Gasteiger partial charge on any atom is -0.371 e. The number of hydrogen-bond donors (Lipinski definition) is 2. The summed E-state index contributed by atoms with van der Waals surface area (Å²) in [4.78, 5) is 0. The van der Waals surface area contributed by atoms with Crippen LogP contribution in [0.25, 0.3) is 0 Å². The highest BCUT2D eigenvalue weighted by Gasteiger charge is 2.24. The molecule has 0 aromatic heterocycles. The summed E-state index contributed by atoms with van der Waals surface area (Å²) in [5.41, 5.74) is -0.0439. The summed E-state index contributed by atoms with van der Waals surface area (Å²) in [7, 11) is -4.52. The lowest BCUT2D eigenvalue weighted by atomic mass is 10.0. The van der Waals surface area contributed by atoms with Crippen molar-refractivity contribution in [2.75, 3.05) is 0 Å². The number of aliphatic hydroxyl groups excluding tert-OH is 1. The standard InChI is InChI=1S/C14H14O4S/c15-14(19(16,17)18)13-9-5-4-8-12(13)10-11-6-2-1-3-7-11/h1-9,14-15H,10H2,(H,16,17,18). The summed E-state index contributed by atoms with van der Waals surface area (Å²) < 4.78 is 31.0. The number of aliphatic hydroxyl groups is 1. The van der Waals surface area contributed by atoms with Crippen LogP contribution in [-0.4, -0.2) is 18.1 Å². The van der Waals surface area contributed by atoms with Gasteiger partial charge < -0.3 is 5.11 Å². The Kier molecular flexibility index (Phi) is 3.99. The van der Waals surface area contributed by atoms with Crippen molar-refractivity contribution in [1.29, 1.82) is 0 Å². The van der Waals surface area contributed by atoms with Crippen molar-refractivity contribution in [3.63, 3.8) is 0 Å². The highest BCUT2D eigenvalue weighted by molar-refractivity contribution is 7.85. The number of hydrogen-bond acceptors (Lipinski definition) is 3. The van der Waals surface area contributed by atoms with Crippen molar-refractivity contribution in [3.05, 3.63) is 71.3 Å². The minimum atomic E-state index is -4.52. The predicted molar refractivity (Wildman–Crippen MR) is 72.2 cm³/mol. The highest BCUT2D eigenvalue weighted by atomic mass is 32.2. The molecule has 2 N–H and O–H groups in total. The van der Waals surface area contributed by atoms with Gasteiger partial charge in [-0.05, 0) is 17.5 Å². The summed E-state index contributed by atoms with van der Waals surface area (Å²) in [6.07, 6.45) is 0.490. The van der Waals surface area contributed by atoms with E-state index in [1.165, 1.54) is 6.07 Å². The van der Waals surface area contributed by atoms with E-state index in [9.17, 15) is 13.5 Å². The van der Waals surface area contributed by atoms with Crippen LogP contribution in [0.5, 0.6) is 0 Å². The molecule has 0 amide bonds. The van der Waals surface area contributed by atoms with Gasteiger partial charge >= 0.3 is 0 Å². The van der Waals surface area contributed by atoms with Gasteiger partial charge in [0, 0.05) is 5.56 Å². The average molecular weight is 278 g/mol. The van der Waals surface area contributed by atoms with Gasteiger partial charge in [0.25, 0.3) is 10.1 Å². The molecule has 1 atom stereocenters. The number of rotatable bonds is 4. The zero-order valence-electron chi connectivity index (χ0n) is 10.1. The van der Waals surface area contributed by atoms with Crippen LogP contribution in [0, 0.1) is 0 Å². The van der Waals surface area contributed by atoms with Crippen LogP contribution in [0.1, 0.15) is 22.1 Å². The maximum atomic E-state index is 11.0. The normalized spacial score (nSPS) is 13.2. The summed E-state index contributed by atoms with van der Waals surface area (Å²) >= 11 is 0. The molecule has 2 aromatic carbocycles. The molecular weight excluding hydrogens is 264 g/mol. The lowest BCUT2D eigenvalue weighted by Gasteiger charge is -2.13. The van der Waals surface area contributed by atoms with E-state index in [4.69, 9.17) is 4.55 Å². The Labute approximate surface area is 112 Å². The topological polar surface area (TPSA) is 74.6 Å². The van der Waals surface area contributed by atoms with Gasteiger partial charge in [-0.25, -0.2) is 0 Å². The van der Waals surface area contributed by atoms with E-state index in [1.54, 1.807) is 18.2 Å². The zero-order valence-corrected chi connectivity index (χ0v) is 10.9. The van der Waals surface area contributed by atoms with E-state index in [2.05, 4.69) is 0 Å². The summed E-state index contributed by atoms with van der Waals surface area (Å²) in [6.45, 7) is 0. The second-order valence-electron chi connectivity index (χ2n) is 4.23. The molecule has 19 heavy (non-hydrogen) atoms. The molecule has 0 aliphatic rings. The Morgan fingerprint density at radius 1 is 0.947 bits per heavy atom. The van der Waals surface area contributed by atoms with Crippen LogP contribution in [0.2, 0.25) is 0 Å². The van der Waals surface area contributed by atoms with Crippen molar-refractivity contribution < 1.29 is 18.1 Å². The third kappa shape index (κ3) is 3.41. The Bertz CT molecular complexity index is 650. The first-order chi connectivity index (χ1) is 8.98. The minimum absolute atomic E-state index is 0.203. The lowest BCUT2D eigenvalue weighted by molar-refractivity contribution is 0.237. The summed E-state index contributed by atoms with van der Waals surface area (Å²) in [5.74, 6) is 0. The smallest absolute Gasteiger partial charge is 0.296 e. The third-order valence-electron chi connectivity index (χ3n) is 2.84. The molecular formula is C14H14O4S. The SMILES string of the molecule is O=S(=O)(O)C(O)c1ccccc1Cc1ccccc1. The molecule has 5 heteroatoms. The van der Waals surface area contributed by atoms with E-state index in [-0.39, 0.29) is 5.56 Å². The van der Waals surface area contributed by atoms with E-state index in [0.29, 0.717) is 12.0 Å². The molecule has 0 saturated heterocycles. The maximum Gasteiger partial charge on any atom is 0.296 e. The molecule has 0 heterocycles. The molecule has 0 aliphatic heterocycles. The highest BCUT2D eigenvalue weighted by Crippen LogP contribution is 2.24. The van der Waals surface area contributed by atoms with Crippen molar-refractivity contribution in [2.45, 2.75) is 11.9 Å². The van der Waals surface area contributed by atoms with Gasteiger partial charge in [0.1, 0.15) is 0 Å². The first kappa shape index (κ1) is 13.7. The first-order valence-electron chi connectivity index (χ1n) is 5.74. The monoisotopic (exact) mass is 278 g/mol. The van der Waals surface area contributed by atoms with Crippen molar-refractivity contribution in [2.24, 2.45) is 0 Å². The van der Waals surface area contributed by atoms with Crippen molar-refractivity contribution in [3.8, 4) is 0 Å². The van der Waals surface area contributed by atoms with Crippen LogP contribution in [0.15, 0.2) is 54.6 Å². The van der Waals surface area contributed by atoms with Crippen LogP contribution >= 0.6 is 0 Å². The van der Waals surface area contributed by atoms with Crippen LogP contribution in [0.4, 0.5) is 0 Å². The maximum absolute atomic E-state index is 11.0. The molecule has 0 bridgehead atoms. The molecule has 2 aromatic rings. The van der Waals surface area contributed by atoms with Crippen molar-refractivity contribution >= 4 is 10.1 Å². The molecule has 100 valence electrons. The van der Waals surface area contributed by atoms with Crippen LogP contribution in [-0.2, 0) is 16.5 Å². The first-order valence-corrected chi connectivity index (χ1v) is 7.25. The van der Waals surface area contributed by atoms with E-state index in [0.717, 1.165) is 5.56 Å². The lowest BCUT2D eigenvalue weighted by Crippen LogP contribution is -2.13. The molecule has 0 spiro atoms. The Hall–Kier alpha value is -1.69. The van der Waals surface area contributed by atoms with Crippen molar-refractivity contribution in [1.82, 2.24) is 0 Å². The molecule has 0 radical (unpaired) electrons. The quantitative estimate of drug-likeness (QED) is 0.840.